The molecule has 0 aliphatic carbocycles. The van der Waals surface area contributed by atoms with E-state index in [9.17, 15) is 4.79 Å². The van der Waals surface area contributed by atoms with Gasteiger partial charge in [-0.3, -0.25) is 9.69 Å². The largest absolute Gasteiger partial charge is 0.325 e. The Bertz CT molecular complexity index is 945. The van der Waals surface area contributed by atoms with Crippen molar-refractivity contribution in [3.05, 3.63) is 60.4 Å². The Morgan fingerprint density at radius 2 is 2.14 bits per heavy atom. The van der Waals surface area contributed by atoms with Gasteiger partial charge >= 0.3 is 0 Å². The molecule has 0 saturated carbocycles. The first kappa shape index (κ1) is 18.6. The van der Waals surface area contributed by atoms with Crippen molar-refractivity contribution in [3.63, 3.8) is 0 Å². The quantitative estimate of drug-likeness (QED) is 0.648. The summed E-state index contributed by atoms with van der Waals surface area (Å²) in [5.74, 6) is 0.0346. The van der Waals surface area contributed by atoms with Crippen molar-refractivity contribution < 1.29 is 4.79 Å². The molecule has 3 aromatic rings. The number of aromatic nitrogens is 4. The summed E-state index contributed by atoms with van der Waals surface area (Å²) in [6.07, 6.45) is 5.52. The topological polar surface area (TPSA) is 75.9 Å². The fraction of sp³-hybridized carbons (Fsp3) is 0.300. The molecule has 8 heteroatoms. The predicted octanol–water partition coefficient (Wildman–Crippen LogP) is 2.99. The number of thioether (sulfide) groups is 1. The number of rotatable bonds is 6. The smallest absolute Gasteiger partial charge is 0.241 e. The highest BCUT2D eigenvalue weighted by Gasteiger charge is 2.30. The average molecular weight is 395 g/mol. The number of hydrogen-bond donors (Lipinski definition) is 1. The van der Waals surface area contributed by atoms with Crippen LogP contribution in [0, 0.1) is 0 Å². The number of nitrogens with zero attached hydrogens (tertiary/aromatic N) is 5. The summed E-state index contributed by atoms with van der Waals surface area (Å²) in [6.45, 7) is 1.73. The minimum atomic E-state index is -0.116. The van der Waals surface area contributed by atoms with Crippen LogP contribution in [0.4, 0.5) is 5.69 Å². The number of anilines is 1. The number of tetrazole rings is 1. The summed E-state index contributed by atoms with van der Waals surface area (Å²) < 4.78 is 1.57. The summed E-state index contributed by atoms with van der Waals surface area (Å²) in [4.78, 5) is 16.4. The van der Waals surface area contributed by atoms with E-state index in [4.69, 9.17) is 0 Å². The monoisotopic (exact) mass is 394 g/mol. The van der Waals surface area contributed by atoms with E-state index in [0.29, 0.717) is 0 Å². The SMILES string of the molecule is CSc1cccc(CN2CCC[C@@H]2C(=O)Nc2cccc(-n3cnnn3)c2)c1. The Hall–Kier alpha value is -2.71. The molecule has 28 heavy (non-hydrogen) atoms. The molecule has 1 aliphatic heterocycles. The van der Waals surface area contributed by atoms with Crippen LogP contribution in [0.15, 0.2) is 59.8 Å². The summed E-state index contributed by atoms with van der Waals surface area (Å²) in [6, 6.07) is 15.9. The van der Waals surface area contributed by atoms with Crippen molar-refractivity contribution in [1.29, 1.82) is 0 Å². The van der Waals surface area contributed by atoms with Crippen LogP contribution in [-0.2, 0) is 11.3 Å². The molecular formula is C20H22N6OS. The van der Waals surface area contributed by atoms with E-state index in [2.05, 4.69) is 56.3 Å². The first-order valence-corrected chi connectivity index (χ1v) is 10.5. The van der Waals surface area contributed by atoms with Crippen LogP contribution in [0.5, 0.6) is 0 Å². The third kappa shape index (κ3) is 4.23. The average Bonchev–Trinajstić information content (AvgIpc) is 3.40. The Balaban J connectivity index is 1.44. The lowest BCUT2D eigenvalue weighted by molar-refractivity contribution is -0.120. The van der Waals surface area contributed by atoms with Crippen LogP contribution in [0.1, 0.15) is 18.4 Å². The Kier molecular flexibility index (Phi) is 5.68. The first-order valence-electron chi connectivity index (χ1n) is 9.24. The van der Waals surface area contributed by atoms with Gasteiger partial charge in [-0.15, -0.1) is 16.9 Å². The number of carbonyl (C=O) groups excluding carboxylic acids is 1. The molecule has 4 rings (SSSR count). The lowest BCUT2D eigenvalue weighted by atomic mass is 10.1. The van der Waals surface area contributed by atoms with Crippen LogP contribution >= 0.6 is 11.8 Å². The fourth-order valence-corrected chi connectivity index (χ4v) is 4.03. The highest BCUT2D eigenvalue weighted by atomic mass is 32.2. The third-order valence-corrected chi connectivity index (χ3v) is 5.64. The number of hydrogen-bond acceptors (Lipinski definition) is 6. The maximum Gasteiger partial charge on any atom is 0.241 e. The maximum absolute atomic E-state index is 12.9. The molecule has 2 aromatic carbocycles. The summed E-state index contributed by atoms with van der Waals surface area (Å²) >= 11 is 1.74. The number of carbonyl (C=O) groups is 1. The van der Waals surface area contributed by atoms with Gasteiger partial charge in [-0.05, 0) is 72.0 Å². The van der Waals surface area contributed by atoms with E-state index in [0.717, 1.165) is 37.3 Å². The number of likely N-dealkylation sites (tertiary alicyclic amines) is 1. The Labute approximate surface area is 168 Å². The van der Waals surface area contributed by atoms with Gasteiger partial charge in [0.15, 0.2) is 0 Å². The second-order valence-electron chi connectivity index (χ2n) is 6.77. The normalized spacial score (nSPS) is 17.0. The van der Waals surface area contributed by atoms with Crippen LogP contribution in [0.25, 0.3) is 5.69 Å². The Morgan fingerprint density at radius 1 is 1.25 bits per heavy atom. The number of benzene rings is 2. The van der Waals surface area contributed by atoms with Gasteiger partial charge in [0.05, 0.1) is 11.7 Å². The van der Waals surface area contributed by atoms with E-state index in [1.807, 2.05) is 24.3 Å². The van der Waals surface area contributed by atoms with Crippen molar-refractivity contribution in [2.24, 2.45) is 0 Å². The van der Waals surface area contributed by atoms with Crippen LogP contribution in [0.2, 0.25) is 0 Å². The van der Waals surface area contributed by atoms with Crippen molar-refractivity contribution in [2.75, 3.05) is 18.1 Å². The van der Waals surface area contributed by atoms with Crippen molar-refractivity contribution in [3.8, 4) is 5.69 Å². The zero-order valence-corrected chi connectivity index (χ0v) is 16.5. The lowest BCUT2D eigenvalue weighted by Crippen LogP contribution is -2.39. The van der Waals surface area contributed by atoms with Crippen molar-refractivity contribution in [1.82, 2.24) is 25.1 Å². The van der Waals surface area contributed by atoms with Gasteiger partial charge in [-0.2, -0.15) is 0 Å². The predicted molar refractivity (Wildman–Crippen MR) is 109 cm³/mol. The zero-order valence-electron chi connectivity index (χ0n) is 15.7. The summed E-state index contributed by atoms with van der Waals surface area (Å²) in [5.41, 5.74) is 2.79. The molecule has 0 bridgehead atoms. The molecule has 0 spiro atoms. The van der Waals surface area contributed by atoms with E-state index in [1.54, 1.807) is 16.4 Å². The van der Waals surface area contributed by atoms with Crippen molar-refractivity contribution >= 4 is 23.4 Å². The summed E-state index contributed by atoms with van der Waals surface area (Å²) in [5, 5.41) is 14.3. The molecule has 7 nitrogen and oxygen atoms in total. The van der Waals surface area contributed by atoms with E-state index >= 15 is 0 Å². The van der Waals surface area contributed by atoms with E-state index < -0.39 is 0 Å². The number of amides is 1. The molecule has 1 aliphatic rings. The highest BCUT2D eigenvalue weighted by Crippen LogP contribution is 2.24. The molecule has 2 heterocycles. The van der Waals surface area contributed by atoms with E-state index in [1.165, 1.54) is 16.8 Å². The van der Waals surface area contributed by atoms with Crippen LogP contribution < -0.4 is 5.32 Å². The van der Waals surface area contributed by atoms with Crippen LogP contribution in [0.3, 0.4) is 0 Å². The second-order valence-corrected chi connectivity index (χ2v) is 7.65. The molecule has 0 radical (unpaired) electrons. The Morgan fingerprint density at radius 3 is 2.96 bits per heavy atom. The molecular weight excluding hydrogens is 372 g/mol. The van der Waals surface area contributed by atoms with Gasteiger partial charge < -0.3 is 5.32 Å². The molecule has 1 fully saturated rings. The molecule has 1 amide bonds. The molecule has 1 N–H and O–H groups in total. The van der Waals surface area contributed by atoms with Gasteiger partial charge in [0.2, 0.25) is 5.91 Å². The van der Waals surface area contributed by atoms with E-state index in [-0.39, 0.29) is 11.9 Å². The van der Waals surface area contributed by atoms with Crippen molar-refractivity contribution in [2.45, 2.75) is 30.3 Å². The minimum absolute atomic E-state index is 0.0346. The molecule has 0 unspecified atom stereocenters. The molecule has 144 valence electrons. The highest BCUT2D eigenvalue weighted by molar-refractivity contribution is 7.98. The van der Waals surface area contributed by atoms with Gasteiger partial charge in [0.1, 0.15) is 6.33 Å². The first-order chi connectivity index (χ1) is 13.7. The van der Waals surface area contributed by atoms with Gasteiger partial charge in [-0.1, -0.05) is 18.2 Å². The van der Waals surface area contributed by atoms with Gasteiger partial charge in [0.25, 0.3) is 0 Å². The minimum Gasteiger partial charge on any atom is -0.325 e. The molecule has 1 aromatic heterocycles. The van der Waals surface area contributed by atoms with Gasteiger partial charge in [-0.25, -0.2) is 4.68 Å². The lowest BCUT2D eigenvalue weighted by Gasteiger charge is -2.24. The molecule has 1 atom stereocenters. The number of nitrogens with one attached hydrogen (secondary N) is 1. The van der Waals surface area contributed by atoms with Gasteiger partial charge in [0, 0.05) is 17.1 Å². The maximum atomic E-state index is 12.9. The second kappa shape index (κ2) is 8.53. The zero-order chi connectivity index (χ0) is 19.3. The molecule has 1 saturated heterocycles. The standard InChI is InChI=1S/C20H22N6OS/c1-28-18-8-2-5-15(11-18)13-25-10-4-9-19(25)20(27)22-16-6-3-7-17(12-16)26-14-21-23-24-26/h2-3,5-8,11-12,14,19H,4,9-10,13H2,1H3,(H,22,27)/t19-/m1/s1. The summed E-state index contributed by atoms with van der Waals surface area (Å²) in [7, 11) is 0. The van der Waals surface area contributed by atoms with Crippen LogP contribution in [-0.4, -0.2) is 49.9 Å². The fourth-order valence-electron chi connectivity index (χ4n) is 3.55. The third-order valence-electron chi connectivity index (χ3n) is 4.91.